The van der Waals surface area contributed by atoms with E-state index in [0.29, 0.717) is 12.0 Å². The molecule has 100 valence electrons. The van der Waals surface area contributed by atoms with E-state index in [2.05, 4.69) is 15.9 Å². The summed E-state index contributed by atoms with van der Waals surface area (Å²) in [5.74, 6) is -1.77. The molecular weight excluding hydrogens is 312 g/mol. The van der Waals surface area contributed by atoms with Crippen LogP contribution in [0.3, 0.4) is 0 Å². The summed E-state index contributed by atoms with van der Waals surface area (Å²) in [7, 11) is 0. The summed E-state index contributed by atoms with van der Waals surface area (Å²) >= 11 is 3.06. The molecule has 1 nitrogen and oxygen atoms in total. The van der Waals surface area contributed by atoms with Crippen LogP contribution in [-0.2, 0) is 6.42 Å². The van der Waals surface area contributed by atoms with Gasteiger partial charge in [0.05, 0.1) is 4.47 Å². The molecule has 0 heterocycles. The van der Waals surface area contributed by atoms with E-state index in [0.717, 1.165) is 11.6 Å². The fourth-order valence-electron chi connectivity index (χ4n) is 1.92. The Bertz CT molecular complexity index is 581. The number of benzene rings is 2. The number of nitrogens with two attached hydrogens (primary N) is 1. The van der Waals surface area contributed by atoms with E-state index in [4.69, 9.17) is 5.73 Å². The maximum Gasteiger partial charge on any atom is 0.173 e. The predicted molar refractivity (Wildman–Crippen MR) is 75.9 cm³/mol. The minimum Gasteiger partial charge on any atom is -0.324 e. The predicted octanol–water partition coefficient (Wildman–Crippen LogP) is 4.28. The number of aryl methyl sites for hydroxylation is 1. The summed E-state index contributed by atoms with van der Waals surface area (Å²) in [5, 5.41) is 0. The molecule has 2 rings (SSSR count). The van der Waals surface area contributed by atoms with E-state index in [9.17, 15) is 8.78 Å². The monoisotopic (exact) mass is 325 g/mol. The van der Waals surface area contributed by atoms with Crippen LogP contribution in [0.2, 0.25) is 0 Å². The Morgan fingerprint density at radius 3 is 2.37 bits per heavy atom. The molecule has 0 bridgehead atoms. The highest BCUT2D eigenvalue weighted by Gasteiger charge is 2.16. The van der Waals surface area contributed by atoms with E-state index in [1.165, 1.54) is 11.6 Å². The van der Waals surface area contributed by atoms with E-state index in [1.807, 2.05) is 31.2 Å². The van der Waals surface area contributed by atoms with Crippen LogP contribution >= 0.6 is 15.9 Å². The molecule has 19 heavy (non-hydrogen) atoms. The molecule has 4 heteroatoms. The highest BCUT2D eigenvalue weighted by atomic mass is 79.9. The molecule has 2 N–H and O–H groups in total. The molecule has 0 spiro atoms. The summed E-state index contributed by atoms with van der Waals surface area (Å²) in [6.07, 6.45) is 0.573. The quantitative estimate of drug-likeness (QED) is 0.837. The molecule has 0 saturated carbocycles. The number of rotatable bonds is 3. The zero-order chi connectivity index (χ0) is 14.0. The van der Waals surface area contributed by atoms with Gasteiger partial charge in [0.15, 0.2) is 11.6 Å². The van der Waals surface area contributed by atoms with Crippen LogP contribution in [0.25, 0.3) is 0 Å². The normalized spacial score (nSPS) is 12.5. The largest absolute Gasteiger partial charge is 0.324 e. The van der Waals surface area contributed by atoms with Crippen molar-refractivity contribution in [2.75, 3.05) is 0 Å². The fraction of sp³-hybridized carbons (Fsp3) is 0.200. The highest BCUT2D eigenvalue weighted by Crippen LogP contribution is 2.28. The Morgan fingerprint density at radius 1 is 1.11 bits per heavy atom. The standard InChI is InChI=1S/C15H14BrF2N/c1-9-2-4-10(5-3-9)8-13(19)11-6-7-12(17)15(18)14(11)16/h2-7,13H,8,19H2,1H3. The lowest BCUT2D eigenvalue weighted by molar-refractivity contribution is 0.500. The van der Waals surface area contributed by atoms with Gasteiger partial charge in [0.25, 0.3) is 0 Å². The Balaban J connectivity index is 2.23. The van der Waals surface area contributed by atoms with Crippen molar-refractivity contribution in [2.24, 2.45) is 5.73 Å². The Kier molecular flexibility index (Phi) is 4.32. The molecule has 0 aromatic heterocycles. The van der Waals surface area contributed by atoms with Crippen molar-refractivity contribution in [3.63, 3.8) is 0 Å². The van der Waals surface area contributed by atoms with Crippen molar-refractivity contribution in [3.05, 3.63) is 69.2 Å². The lowest BCUT2D eigenvalue weighted by Crippen LogP contribution is -2.14. The van der Waals surface area contributed by atoms with E-state index >= 15 is 0 Å². The zero-order valence-electron chi connectivity index (χ0n) is 10.5. The summed E-state index contributed by atoms with van der Waals surface area (Å²) in [4.78, 5) is 0. The van der Waals surface area contributed by atoms with Crippen LogP contribution in [0, 0.1) is 18.6 Å². The topological polar surface area (TPSA) is 26.0 Å². The van der Waals surface area contributed by atoms with Crippen molar-refractivity contribution in [2.45, 2.75) is 19.4 Å². The third-order valence-corrected chi connectivity index (χ3v) is 3.85. The van der Waals surface area contributed by atoms with Crippen LogP contribution in [0.5, 0.6) is 0 Å². The van der Waals surface area contributed by atoms with Crippen molar-refractivity contribution in [1.82, 2.24) is 0 Å². The average molecular weight is 326 g/mol. The molecule has 2 aromatic rings. The van der Waals surface area contributed by atoms with Crippen LogP contribution in [0.15, 0.2) is 40.9 Å². The SMILES string of the molecule is Cc1ccc(CC(N)c2ccc(F)c(F)c2Br)cc1. The summed E-state index contributed by atoms with van der Waals surface area (Å²) in [6, 6.07) is 10.2. The minimum atomic E-state index is -0.892. The molecule has 0 aliphatic heterocycles. The van der Waals surface area contributed by atoms with Crippen LogP contribution in [0.4, 0.5) is 8.78 Å². The maximum atomic E-state index is 13.5. The molecule has 1 atom stereocenters. The van der Waals surface area contributed by atoms with Gasteiger partial charge in [0, 0.05) is 6.04 Å². The van der Waals surface area contributed by atoms with Crippen LogP contribution in [-0.4, -0.2) is 0 Å². The number of hydrogen-bond donors (Lipinski definition) is 1. The smallest absolute Gasteiger partial charge is 0.173 e. The van der Waals surface area contributed by atoms with Crippen LogP contribution in [0.1, 0.15) is 22.7 Å². The molecule has 0 fully saturated rings. The number of hydrogen-bond acceptors (Lipinski definition) is 1. The van der Waals surface area contributed by atoms with E-state index in [-0.39, 0.29) is 10.5 Å². The summed E-state index contributed by atoms with van der Waals surface area (Å²) < 4.78 is 26.6. The van der Waals surface area contributed by atoms with Gasteiger partial charge >= 0.3 is 0 Å². The van der Waals surface area contributed by atoms with Gasteiger partial charge in [-0.25, -0.2) is 8.78 Å². The first-order valence-electron chi connectivity index (χ1n) is 5.93. The second-order valence-corrected chi connectivity index (χ2v) is 5.35. The molecule has 0 aliphatic carbocycles. The van der Waals surface area contributed by atoms with Gasteiger partial charge in [-0.3, -0.25) is 0 Å². The minimum absolute atomic E-state index is 0.104. The van der Waals surface area contributed by atoms with Gasteiger partial charge in [-0.05, 0) is 46.5 Å². The molecule has 0 amide bonds. The van der Waals surface area contributed by atoms with Gasteiger partial charge in [-0.2, -0.15) is 0 Å². The Labute approximate surface area is 119 Å². The fourth-order valence-corrected chi connectivity index (χ4v) is 2.53. The molecule has 1 unspecified atom stereocenters. The molecule has 0 radical (unpaired) electrons. The van der Waals surface area contributed by atoms with Crippen molar-refractivity contribution >= 4 is 15.9 Å². The number of halogens is 3. The molecular formula is C15H14BrF2N. The molecule has 2 aromatic carbocycles. The lowest BCUT2D eigenvalue weighted by atomic mass is 9.99. The summed E-state index contributed by atoms with van der Waals surface area (Å²) in [6.45, 7) is 2.01. The zero-order valence-corrected chi connectivity index (χ0v) is 12.0. The van der Waals surface area contributed by atoms with Crippen molar-refractivity contribution in [1.29, 1.82) is 0 Å². The van der Waals surface area contributed by atoms with Gasteiger partial charge in [-0.1, -0.05) is 35.9 Å². The second-order valence-electron chi connectivity index (χ2n) is 4.56. The lowest BCUT2D eigenvalue weighted by Gasteiger charge is -2.15. The Hall–Kier alpha value is -1.26. The third-order valence-electron chi connectivity index (χ3n) is 3.04. The molecule has 0 saturated heterocycles. The third kappa shape index (κ3) is 3.19. The first-order valence-corrected chi connectivity index (χ1v) is 6.73. The van der Waals surface area contributed by atoms with Gasteiger partial charge in [0.1, 0.15) is 0 Å². The van der Waals surface area contributed by atoms with E-state index < -0.39 is 11.6 Å². The highest BCUT2D eigenvalue weighted by molar-refractivity contribution is 9.10. The van der Waals surface area contributed by atoms with Crippen molar-refractivity contribution in [3.8, 4) is 0 Å². The second kappa shape index (κ2) is 5.80. The molecule has 0 aliphatic rings. The van der Waals surface area contributed by atoms with Crippen molar-refractivity contribution < 1.29 is 8.78 Å². The summed E-state index contributed by atoms with van der Waals surface area (Å²) in [5.41, 5.74) is 8.87. The van der Waals surface area contributed by atoms with Gasteiger partial charge in [-0.15, -0.1) is 0 Å². The van der Waals surface area contributed by atoms with Gasteiger partial charge < -0.3 is 5.73 Å². The maximum absolute atomic E-state index is 13.5. The Morgan fingerprint density at radius 2 is 1.74 bits per heavy atom. The average Bonchev–Trinajstić information content (AvgIpc) is 2.39. The van der Waals surface area contributed by atoms with Crippen LogP contribution < -0.4 is 5.73 Å². The first kappa shape index (κ1) is 14.2. The first-order chi connectivity index (χ1) is 8.99. The van der Waals surface area contributed by atoms with Gasteiger partial charge in [0.2, 0.25) is 0 Å². The van der Waals surface area contributed by atoms with E-state index in [1.54, 1.807) is 0 Å².